The summed E-state index contributed by atoms with van der Waals surface area (Å²) >= 11 is 0. The topological polar surface area (TPSA) is 50.4 Å². The van der Waals surface area contributed by atoms with E-state index in [1.807, 2.05) is 37.4 Å². The maximum absolute atomic E-state index is 9.68. The third-order valence-electron chi connectivity index (χ3n) is 2.80. The molecule has 0 amide bonds. The van der Waals surface area contributed by atoms with Crippen LogP contribution < -0.4 is 0 Å². The molecule has 4 nitrogen and oxygen atoms in total. The number of benzene rings is 1. The minimum Gasteiger partial charge on any atom is -0.504 e. The molecule has 0 fully saturated rings. The van der Waals surface area contributed by atoms with Crippen LogP contribution in [0.15, 0.2) is 42.6 Å². The van der Waals surface area contributed by atoms with Crippen molar-refractivity contribution >= 4 is 5.65 Å². The summed E-state index contributed by atoms with van der Waals surface area (Å²) in [6, 6.07) is 11.3. The number of aromatic nitrogens is 3. The first-order valence-electron chi connectivity index (χ1n) is 5.36. The molecule has 0 aliphatic carbocycles. The van der Waals surface area contributed by atoms with E-state index in [9.17, 15) is 5.11 Å². The van der Waals surface area contributed by atoms with Gasteiger partial charge in [-0.25, -0.2) is 0 Å². The molecule has 0 bridgehead atoms. The van der Waals surface area contributed by atoms with Crippen LogP contribution in [0.25, 0.3) is 17.0 Å². The number of fused-ring (bicyclic) bond motifs is 1. The highest BCUT2D eigenvalue weighted by Crippen LogP contribution is 2.24. The van der Waals surface area contributed by atoms with Gasteiger partial charge in [-0.3, -0.25) is 4.40 Å². The van der Waals surface area contributed by atoms with Crippen LogP contribution in [0.5, 0.6) is 5.75 Å². The first-order chi connectivity index (χ1) is 8.27. The average molecular weight is 225 g/mol. The van der Waals surface area contributed by atoms with Gasteiger partial charge in [0.25, 0.3) is 0 Å². The summed E-state index contributed by atoms with van der Waals surface area (Å²) in [7, 11) is 0. The third-order valence-corrected chi connectivity index (χ3v) is 2.80. The van der Waals surface area contributed by atoms with E-state index in [4.69, 9.17) is 0 Å². The molecule has 0 spiro atoms. The van der Waals surface area contributed by atoms with Crippen molar-refractivity contribution in [3.63, 3.8) is 0 Å². The van der Waals surface area contributed by atoms with Crippen molar-refractivity contribution < 1.29 is 5.11 Å². The Balaban J connectivity index is 2.33. The zero-order valence-electron chi connectivity index (χ0n) is 9.33. The van der Waals surface area contributed by atoms with Gasteiger partial charge >= 0.3 is 0 Å². The second-order valence-electron chi connectivity index (χ2n) is 3.93. The minimum atomic E-state index is 0.139. The lowest BCUT2D eigenvalue weighted by Crippen LogP contribution is -1.90. The van der Waals surface area contributed by atoms with Gasteiger partial charge in [0.15, 0.2) is 11.6 Å². The summed E-state index contributed by atoms with van der Waals surface area (Å²) in [5, 5.41) is 17.8. The van der Waals surface area contributed by atoms with Crippen molar-refractivity contribution in [2.45, 2.75) is 6.92 Å². The summed E-state index contributed by atoms with van der Waals surface area (Å²) in [5.74, 6) is 0.883. The molecule has 3 aromatic rings. The van der Waals surface area contributed by atoms with Crippen molar-refractivity contribution in [2.24, 2.45) is 0 Å². The SMILES string of the molecule is Cc1ccccc1-c1nnc2c(O)cccn12. The lowest BCUT2D eigenvalue weighted by atomic mass is 10.1. The Hall–Kier alpha value is -2.36. The van der Waals surface area contributed by atoms with E-state index < -0.39 is 0 Å². The van der Waals surface area contributed by atoms with Gasteiger partial charge in [0, 0.05) is 11.8 Å². The Morgan fingerprint density at radius 1 is 1.06 bits per heavy atom. The molecule has 2 heterocycles. The van der Waals surface area contributed by atoms with Gasteiger partial charge in [0.05, 0.1) is 0 Å². The first kappa shape index (κ1) is 9.84. The highest BCUT2D eigenvalue weighted by molar-refractivity contribution is 5.65. The molecular formula is C13H11N3O. The van der Waals surface area contributed by atoms with E-state index in [-0.39, 0.29) is 5.75 Å². The Bertz CT molecular complexity index is 688. The Morgan fingerprint density at radius 2 is 1.88 bits per heavy atom. The number of pyridine rings is 1. The molecule has 0 aliphatic rings. The molecule has 0 radical (unpaired) electrons. The highest BCUT2D eigenvalue weighted by Gasteiger charge is 2.11. The first-order valence-corrected chi connectivity index (χ1v) is 5.36. The van der Waals surface area contributed by atoms with Gasteiger partial charge in [-0.2, -0.15) is 0 Å². The molecule has 1 N–H and O–H groups in total. The van der Waals surface area contributed by atoms with E-state index in [0.717, 1.165) is 17.0 Å². The number of hydrogen-bond acceptors (Lipinski definition) is 3. The third kappa shape index (κ3) is 1.45. The predicted molar refractivity (Wildman–Crippen MR) is 64.8 cm³/mol. The Kier molecular flexibility index (Phi) is 2.08. The van der Waals surface area contributed by atoms with Crippen molar-refractivity contribution in [1.29, 1.82) is 0 Å². The quantitative estimate of drug-likeness (QED) is 0.691. The van der Waals surface area contributed by atoms with Crippen LogP contribution in [0.4, 0.5) is 0 Å². The number of rotatable bonds is 1. The lowest BCUT2D eigenvalue weighted by Gasteiger charge is -2.03. The van der Waals surface area contributed by atoms with Crippen LogP contribution in [-0.2, 0) is 0 Å². The van der Waals surface area contributed by atoms with Gasteiger partial charge in [-0.15, -0.1) is 10.2 Å². The fourth-order valence-corrected chi connectivity index (χ4v) is 1.91. The van der Waals surface area contributed by atoms with Gasteiger partial charge in [0.1, 0.15) is 0 Å². The zero-order valence-corrected chi connectivity index (χ0v) is 9.33. The molecule has 0 atom stereocenters. The monoisotopic (exact) mass is 225 g/mol. The van der Waals surface area contributed by atoms with E-state index in [0.29, 0.717) is 5.65 Å². The van der Waals surface area contributed by atoms with Crippen LogP contribution in [0, 0.1) is 6.92 Å². The number of aromatic hydroxyl groups is 1. The second-order valence-corrected chi connectivity index (χ2v) is 3.93. The number of hydrogen-bond donors (Lipinski definition) is 1. The molecule has 17 heavy (non-hydrogen) atoms. The van der Waals surface area contributed by atoms with Crippen molar-refractivity contribution in [2.75, 3.05) is 0 Å². The molecule has 0 aliphatic heterocycles. The van der Waals surface area contributed by atoms with Crippen LogP contribution in [0.2, 0.25) is 0 Å². The smallest absolute Gasteiger partial charge is 0.203 e. The summed E-state index contributed by atoms with van der Waals surface area (Å²) in [6.07, 6.45) is 1.84. The van der Waals surface area contributed by atoms with E-state index >= 15 is 0 Å². The fraction of sp³-hybridized carbons (Fsp3) is 0.0769. The van der Waals surface area contributed by atoms with Crippen LogP contribution in [-0.4, -0.2) is 19.7 Å². The van der Waals surface area contributed by atoms with Crippen LogP contribution >= 0.6 is 0 Å². The summed E-state index contributed by atoms with van der Waals surface area (Å²) in [4.78, 5) is 0. The standard InChI is InChI=1S/C13H11N3O/c1-9-5-2-3-6-10(9)12-14-15-13-11(17)7-4-8-16(12)13/h2-8,17H,1H3. The normalized spacial score (nSPS) is 10.9. The molecule has 1 aromatic carbocycles. The van der Waals surface area contributed by atoms with Crippen LogP contribution in [0.1, 0.15) is 5.56 Å². The summed E-state index contributed by atoms with van der Waals surface area (Å²) < 4.78 is 1.79. The van der Waals surface area contributed by atoms with Gasteiger partial charge in [0.2, 0.25) is 5.65 Å². The van der Waals surface area contributed by atoms with E-state index in [2.05, 4.69) is 10.2 Å². The Labute approximate surface area is 98.2 Å². The van der Waals surface area contributed by atoms with E-state index in [1.54, 1.807) is 16.5 Å². The molecule has 84 valence electrons. The minimum absolute atomic E-state index is 0.139. The van der Waals surface area contributed by atoms with E-state index in [1.165, 1.54) is 0 Å². The number of nitrogens with zero attached hydrogens (tertiary/aromatic N) is 3. The Morgan fingerprint density at radius 3 is 2.71 bits per heavy atom. The molecular weight excluding hydrogens is 214 g/mol. The molecule has 4 heteroatoms. The molecule has 0 saturated heterocycles. The van der Waals surface area contributed by atoms with Gasteiger partial charge in [-0.05, 0) is 24.6 Å². The maximum atomic E-state index is 9.68. The largest absolute Gasteiger partial charge is 0.504 e. The maximum Gasteiger partial charge on any atom is 0.203 e. The number of aryl methyl sites for hydroxylation is 1. The van der Waals surface area contributed by atoms with Gasteiger partial charge in [-0.1, -0.05) is 24.3 Å². The molecule has 2 aromatic heterocycles. The zero-order chi connectivity index (χ0) is 11.8. The van der Waals surface area contributed by atoms with Crippen LogP contribution in [0.3, 0.4) is 0 Å². The summed E-state index contributed by atoms with van der Waals surface area (Å²) in [5.41, 5.74) is 2.63. The van der Waals surface area contributed by atoms with Crippen molar-refractivity contribution in [1.82, 2.24) is 14.6 Å². The predicted octanol–water partition coefficient (Wildman–Crippen LogP) is 2.41. The second kappa shape index (κ2) is 3.59. The molecule has 3 rings (SSSR count). The molecule has 0 unspecified atom stereocenters. The van der Waals surface area contributed by atoms with Crippen molar-refractivity contribution in [3.8, 4) is 17.1 Å². The molecule has 0 saturated carbocycles. The summed E-state index contributed by atoms with van der Waals surface area (Å²) in [6.45, 7) is 2.03. The highest BCUT2D eigenvalue weighted by atomic mass is 16.3. The average Bonchev–Trinajstić information content (AvgIpc) is 2.75. The van der Waals surface area contributed by atoms with Crippen molar-refractivity contribution in [3.05, 3.63) is 48.2 Å². The lowest BCUT2D eigenvalue weighted by molar-refractivity contribution is 0.477. The van der Waals surface area contributed by atoms with Gasteiger partial charge < -0.3 is 5.11 Å². The fourth-order valence-electron chi connectivity index (χ4n) is 1.91.